The van der Waals surface area contributed by atoms with Gasteiger partial charge in [0.1, 0.15) is 11.9 Å². The van der Waals surface area contributed by atoms with Crippen LogP contribution < -0.4 is 15.5 Å². The summed E-state index contributed by atoms with van der Waals surface area (Å²) in [5.74, 6) is -0.508. The maximum atomic E-state index is 14.4. The summed E-state index contributed by atoms with van der Waals surface area (Å²) in [6.45, 7) is 9.67. The second-order valence-corrected chi connectivity index (χ2v) is 16.3. The Morgan fingerprint density at radius 1 is 1.06 bits per heavy atom. The van der Waals surface area contributed by atoms with Crippen LogP contribution in [0, 0.1) is 11.8 Å². The van der Waals surface area contributed by atoms with E-state index < -0.39 is 46.6 Å². The third kappa shape index (κ3) is 8.74. The Hall–Kier alpha value is -4.47. The summed E-state index contributed by atoms with van der Waals surface area (Å²) < 4.78 is 46.9. The maximum Gasteiger partial charge on any atom is 0.407 e. The average Bonchev–Trinajstić information content (AvgIpc) is 3.85. The molecule has 2 fully saturated rings. The average molecular weight is 763 g/mol. The Balaban J connectivity index is 1.24. The van der Waals surface area contributed by atoms with E-state index in [0.29, 0.717) is 48.6 Å². The lowest BCUT2D eigenvalue weighted by Gasteiger charge is -2.31. The third-order valence-electron chi connectivity index (χ3n) is 10.1. The molecule has 13 nitrogen and oxygen atoms in total. The molecule has 0 aromatic heterocycles. The lowest BCUT2D eigenvalue weighted by Crippen LogP contribution is -2.51. The van der Waals surface area contributed by atoms with Gasteiger partial charge in [0.15, 0.2) is 6.29 Å². The van der Waals surface area contributed by atoms with Crippen LogP contribution >= 0.6 is 0 Å². The van der Waals surface area contributed by atoms with Gasteiger partial charge in [-0.3, -0.25) is 4.79 Å². The van der Waals surface area contributed by atoms with Crippen LogP contribution in [0.25, 0.3) is 11.6 Å². The number of alkyl carbamates (subject to hydrolysis) is 1. The number of carbonyl (C=O) groups excluding carboxylic acids is 2. The van der Waals surface area contributed by atoms with E-state index in [9.17, 15) is 28.2 Å². The van der Waals surface area contributed by atoms with Gasteiger partial charge in [0.25, 0.3) is 5.91 Å². The zero-order valence-corrected chi connectivity index (χ0v) is 31.9. The van der Waals surface area contributed by atoms with Crippen LogP contribution in [0.5, 0.6) is 5.75 Å². The predicted octanol–water partition coefficient (Wildman–Crippen LogP) is 4.84. The summed E-state index contributed by atoms with van der Waals surface area (Å²) >= 11 is 0. The first-order valence-corrected chi connectivity index (χ1v) is 20.0. The van der Waals surface area contributed by atoms with Gasteiger partial charge in [0, 0.05) is 43.0 Å². The first kappa shape index (κ1) is 39.2. The van der Waals surface area contributed by atoms with Gasteiger partial charge in [-0.1, -0.05) is 50.2 Å². The number of aromatic hydroxyl groups is 1. The number of anilines is 2. The number of sulfonamides is 1. The van der Waals surface area contributed by atoms with E-state index in [4.69, 9.17) is 14.2 Å². The number of carbonyl (C=O) groups is 2. The minimum atomic E-state index is -4.23. The van der Waals surface area contributed by atoms with Crippen LogP contribution in [0.3, 0.4) is 0 Å². The van der Waals surface area contributed by atoms with Gasteiger partial charge in [0.05, 0.1) is 41.9 Å². The van der Waals surface area contributed by atoms with Crippen LogP contribution in [0.1, 0.15) is 50.8 Å². The van der Waals surface area contributed by atoms with E-state index in [1.54, 1.807) is 30.3 Å². The van der Waals surface area contributed by atoms with Gasteiger partial charge < -0.3 is 40.0 Å². The molecule has 0 aliphatic carbocycles. The van der Waals surface area contributed by atoms with Crippen molar-refractivity contribution in [2.45, 2.75) is 70.0 Å². The molecule has 4 N–H and O–H groups in total. The molecule has 290 valence electrons. The summed E-state index contributed by atoms with van der Waals surface area (Å²) in [4.78, 5) is 28.3. The number of amides is 2. The molecule has 5 unspecified atom stereocenters. The largest absolute Gasteiger partial charge is 0.506 e. The zero-order valence-electron chi connectivity index (χ0n) is 31.1. The van der Waals surface area contributed by atoms with Crippen LogP contribution in [-0.4, -0.2) is 98.9 Å². The van der Waals surface area contributed by atoms with E-state index in [1.165, 1.54) is 16.4 Å². The van der Waals surface area contributed by atoms with Crippen LogP contribution in [0.2, 0.25) is 0 Å². The number of phenolic OH excluding ortho intramolecular Hbond substituents is 1. The van der Waals surface area contributed by atoms with Crippen molar-refractivity contribution in [2.24, 2.45) is 11.8 Å². The Kier molecular flexibility index (Phi) is 12.3. The molecule has 2 saturated heterocycles. The molecule has 6 rings (SSSR count). The molecule has 3 aliphatic rings. The number of rotatable bonds is 15. The van der Waals surface area contributed by atoms with Crippen molar-refractivity contribution < 1.29 is 42.4 Å². The van der Waals surface area contributed by atoms with Crippen molar-refractivity contribution in [3.63, 3.8) is 0 Å². The summed E-state index contributed by atoms with van der Waals surface area (Å²) in [7, 11) is -4.23. The quantitative estimate of drug-likeness (QED) is 0.158. The second kappa shape index (κ2) is 16.9. The lowest BCUT2D eigenvalue weighted by atomic mass is 10.0. The molecule has 0 radical (unpaired) electrons. The number of phenols is 1. The van der Waals surface area contributed by atoms with E-state index >= 15 is 0 Å². The molecule has 14 heteroatoms. The summed E-state index contributed by atoms with van der Waals surface area (Å²) in [5, 5.41) is 28.1. The van der Waals surface area contributed by atoms with Crippen molar-refractivity contribution in [1.82, 2.24) is 9.62 Å². The number of nitrogens with one attached hydrogen (secondary N) is 2. The Bertz CT molecular complexity index is 1950. The van der Waals surface area contributed by atoms with Gasteiger partial charge in [-0.2, -0.15) is 4.31 Å². The van der Waals surface area contributed by atoms with Gasteiger partial charge in [-0.25, -0.2) is 13.2 Å². The molecule has 2 amide bonds. The monoisotopic (exact) mass is 762 g/mol. The fourth-order valence-electron chi connectivity index (χ4n) is 7.28. The Morgan fingerprint density at radius 3 is 2.52 bits per heavy atom. The van der Waals surface area contributed by atoms with Gasteiger partial charge in [-0.15, -0.1) is 0 Å². The second-order valence-electron chi connectivity index (χ2n) is 14.3. The molecule has 3 aromatic rings. The van der Waals surface area contributed by atoms with Crippen molar-refractivity contribution in [3.8, 4) is 5.75 Å². The molecule has 5 atom stereocenters. The van der Waals surface area contributed by atoms with Crippen LogP contribution in [-0.2, 0) is 35.4 Å². The van der Waals surface area contributed by atoms with Crippen molar-refractivity contribution >= 4 is 45.0 Å². The first-order valence-electron chi connectivity index (χ1n) is 18.6. The van der Waals surface area contributed by atoms with Crippen molar-refractivity contribution in [3.05, 3.63) is 83.4 Å². The van der Waals surface area contributed by atoms with Gasteiger partial charge in [-0.05, 0) is 80.1 Å². The highest BCUT2D eigenvalue weighted by Crippen LogP contribution is 2.37. The molecular weight excluding hydrogens is 713 g/mol. The summed E-state index contributed by atoms with van der Waals surface area (Å²) in [6.07, 6.45) is -0.416. The first-order chi connectivity index (χ1) is 25.9. The number of aliphatic hydroxyl groups is 1. The number of benzene rings is 3. The molecule has 54 heavy (non-hydrogen) atoms. The minimum Gasteiger partial charge on any atom is -0.506 e. The van der Waals surface area contributed by atoms with Gasteiger partial charge >= 0.3 is 6.09 Å². The number of hydrogen-bond acceptors (Lipinski definition) is 10. The molecule has 3 heterocycles. The van der Waals surface area contributed by atoms with Crippen LogP contribution in [0.4, 0.5) is 16.2 Å². The predicted molar refractivity (Wildman–Crippen MR) is 205 cm³/mol. The van der Waals surface area contributed by atoms with Crippen molar-refractivity contribution in [1.29, 1.82) is 0 Å². The van der Waals surface area contributed by atoms with Gasteiger partial charge in [0.2, 0.25) is 10.0 Å². The normalized spacial score (nSPS) is 21.2. The standard InChI is InChI=1S/C40H50N4O9S/c1-5-43(6-2)34-15-12-27(20-35(34)45)18-31-30-21-28(13-14-32(30)41-38(31)47)54(49,50)44(22-25(3)4)23-36(46)33(19-26-10-8-7-9-11-26)42-40(48)53-37-24-52-39-29(37)16-17-51-39/h7-15,18,20-21,25,29,33,36-37,39,45-46H,5-6,16-17,19,22-24H2,1-4H3,(H,41,47)(H,42,48)/b31-18-. The number of fused-ring (bicyclic) bond motifs is 2. The SMILES string of the molecule is CCN(CC)c1ccc(/C=C2\C(=O)Nc3ccc(S(=O)(=O)N(CC(C)C)CC(O)C(Cc4ccccc4)NC(=O)OC4COC5OCCC45)cc32)cc1O. The number of hydrogen-bond donors (Lipinski definition) is 4. The van der Waals surface area contributed by atoms with Crippen LogP contribution in [0.15, 0.2) is 71.6 Å². The van der Waals surface area contributed by atoms with E-state index in [0.717, 1.165) is 5.56 Å². The number of aliphatic hydroxyl groups excluding tert-OH is 1. The Labute approximate surface area is 316 Å². The fourth-order valence-corrected chi connectivity index (χ4v) is 8.93. The highest BCUT2D eigenvalue weighted by Gasteiger charge is 2.44. The minimum absolute atomic E-state index is 0.0576. The molecule has 0 saturated carbocycles. The van der Waals surface area contributed by atoms with E-state index in [1.807, 2.05) is 62.9 Å². The number of ether oxygens (including phenoxy) is 3. The maximum absolute atomic E-state index is 14.4. The summed E-state index contributed by atoms with van der Waals surface area (Å²) in [6, 6.07) is 18.0. The molecule has 0 bridgehead atoms. The fraction of sp³-hybridized carbons (Fsp3) is 0.450. The lowest BCUT2D eigenvalue weighted by molar-refractivity contribution is -0.110. The molecular formula is C40H50N4O9S. The van der Waals surface area contributed by atoms with E-state index in [-0.39, 0.29) is 54.2 Å². The topological polar surface area (TPSA) is 167 Å². The highest BCUT2D eigenvalue weighted by molar-refractivity contribution is 7.89. The molecule has 3 aromatic carbocycles. The Morgan fingerprint density at radius 2 is 1.81 bits per heavy atom. The highest BCUT2D eigenvalue weighted by atomic mass is 32.2. The van der Waals surface area contributed by atoms with E-state index in [2.05, 4.69) is 10.6 Å². The third-order valence-corrected chi connectivity index (χ3v) is 11.9. The zero-order chi connectivity index (χ0) is 38.6. The van der Waals surface area contributed by atoms with Crippen molar-refractivity contribution in [2.75, 3.05) is 49.6 Å². The molecule has 3 aliphatic heterocycles. The smallest absolute Gasteiger partial charge is 0.407 e. The number of nitrogens with zero attached hydrogens (tertiary/aromatic N) is 2. The molecule has 0 spiro atoms. The summed E-state index contributed by atoms with van der Waals surface area (Å²) in [5.41, 5.74) is 3.19.